The lowest BCUT2D eigenvalue weighted by molar-refractivity contribution is -0.384. The van der Waals surface area contributed by atoms with Gasteiger partial charge in [-0.3, -0.25) is 10.1 Å². The van der Waals surface area contributed by atoms with Crippen LogP contribution in [0.1, 0.15) is 22.7 Å². The van der Waals surface area contributed by atoms with Crippen molar-refractivity contribution in [1.29, 1.82) is 0 Å². The number of aryl methyl sites for hydroxylation is 1. The molecule has 2 rings (SSSR count). The van der Waals surface area contributed by atoms with Crippen LogP contribution in [0.4, 0.5) is 11.5 Å². The topological polar surface area (TPSA) is 68.1 Å². The summed E-state index contributed by atoms with van der Waals surface area (Å²) in [5.41, 5.74) is 0.0436. The van der Waals surface area contributed by atoms with Gasteiger partial charge in [-0.1, -0.05) is 0 Å². The molecule has 5 nitrogen and oxygen atoms in total. The summed E-state index contributed by atoms with van der Waals surface area (Å²) in [6.45, 7) is 4.05. The second kappa shape index (κ2) is 5.14. The Morgan fingerprint density at radius 1 is 1.44 bits per heavy atom. The van der Waals surface area contributed by atoms with Crippen molar-refractivity contribution in [3.05, 3.63) is 50.3 Å². The van der Waals surface area contributed by atoms with Gasteiger partial charge in [0, 0.05) is 22.0 Å². The number of hydrogen-bond donors (Lipinski definition) is 1. The standard InChI is InChI=1S/C12H13N3O2S/c1-8-3-4-11(18-8)9(2)14-12-7-10(15(16)17)5-6-13-12/h3-7,9H,1-2H3,(H,13,14). The maximum Gasteiger partial charge on any atom is 0.274 e. The van der Waals surface area contributed by atoms with Gasteiger partial charge in [0.1, 0.15) is 5.82 Å². The SMILES string of the molecule is Cc1ccc(C(C)Nc2cc([N+](=O)[O-])ccn2)s1. The molecule has 6 heteroatoms. The second-order valence-corrected chi connectivity index (χ2v) is 5.29. The number of aromatic nitrogens is 1. The molecule has 0 aliphatic carbocycles. The van der Waals surface area contributed by atoms with E-state index in [1.54, 1.807) is 11.3 Å². The molecule has 18 heavy (non-hydrogen) atoms. The third-order valence-electron chi connectivity index (χ3n) is 2.51. The zero-order valence-corrected chi connectivity index (χ0v) is 10.9. The summed E-state index contributed by atoms with van der Waals surface area (Å²) in [6.07, 6.45) is 1.44. The van der Waals surface area contributed by atoms with Crippen LogP contribution in [-0.2, 0) is 0 Å². The van der Waals surface area contributed by atoms with Crippen molar-refractivity contribution in [2.45, 2.75) is 19.9 Å². The van der Waals surface area contributed by atoms with Crippen molar-refractivity contribution < 1.29 is 4.92 Å². The van der Waals surface area contributed by atoms with Crippen molar-refractivity contribution in [1.82, 2.24) is 4.98 Å². The van der Waals surface area contributed by atoms with E-state index in [2.05, 4.69) is 22.4 Å². The number of nitrogens with zero attached hydrogens (tertiary/aromatic N) is 2. The van der Waals surface area contributed by atoms with E-state index < -0.39 is 4.92 Å². The number of anilines is 1. The van der Waals surface area contributed by atoms with Gasteiger partial charge in [0.05, 0.1) is 17.0 Å². The first kappa shape index (κ1) is 12.5. The molecule has 1 atom stereocenters. The summed E-state index contributed by atoms with van der Waals surface area (Å²) in [4.78, 5) is 16.7. The quantitative estimate of drug-likeness (QED) is 0.676. The second-order valence-electron chi connectivity index (χ2n) is 3.97. The van der Waals surface area contributed by atoms with Gasteiger partial charge in [-0.2, -0.15) is 0 Å². The Balaban J connectivity index is 2.14. The van der Waals surface area contributed by atoms with E-state index in [0.29, 0.717) is 5.82 Å². The Kier molecular flexibility index (Phi) is 3.57. The molecular weight excluding hydrogens is 250 g/mol. The minimum atomic E-state index is -0.424. The highest BCUT2D eigenvalue weighted by molar-refractivity contribution is 7.12. The molecule has 0 aromatic carbocycles. The molecule has 1 unspecified atom stereocenters. The summed E-state index contributed by atoms with van der Waals surface area (Å²) >= 11 is 1.70. The van der Waals surface area contributed by atoms with Gasteiger partial charge in [-0.15, -0.1) is 11.3 Å². The molecule has 0 bridgehead atoms. The molecule has 2 aromatic heterocycles. The van der Waals surface area contributed by atoms with Crippen LogP contribution >= 0.6 is 11.3 Å². The van der Waals surface area contributed by atoms with E-state index >= 15 is 0 Å². The average Bonchev–Trinajstić information content (AvgIpc) is 2.76. The van der Waals surface area contributed by atoms with Crippen LogP contribution in [0.5, 0.6) is 0 Å². The molecule has 0 aliphatic rings. The predicted molar refractivity (Wildman–Crippen MR) is 72.0 cm³/mol. The molecular formula is C12H13N3O2S. The fourth-order valence-corrected chi connectivity index (χ4v) is 2.47. The molecule has 0 amide bonds. The lowest BCUT2D eigenvalue weighted by Crippen LogP contribution is -2.06. The van der Waals surface area contributed by atoms with Crippen LogP contribution in [0.3, 0.4) is 0 Å². The molecule has 2 heterocycles. The summed E-state index contributed by atoms with van der Waals surface area (Å²) in [5, 5.41) is 13.8. The van der Waals surface area contributed by atoms with Crippen LogP contribution in [0, 0.1) is 17.0 Å². The largest absolute Gasteiger partial charge is 0.363 e. The van der Waals surface area contributed by atoms with Gasteiger partial charge in [0.25, 0.3) is 5.69 Å². The third-order valence-corrected chi connectivity index (χ3v) is 3.69. The molecule has 94 valence electrons. The number of nitrogens with one attached hydrogen (secondary N) is 1. The fraction of sp³-hybridized carbons (Fsp3) is 0.250. The summed E-state index contributed by atoms with van der Waals surface area (Å²) in [6, 6.07) is 7.01. The highest BCUT2D eigenvalue weighted by Gasteiger charge is 2.11. The smallest absolute Gasteiger partial charge is 0.274 e. The maximum atomic E-state index is 10.7. The number of nitro groups is 1. The van der Waals surface area contributed by atoms with Crippen molar-refractivity contribution in [3.8, 4) is 0 Å². The van der Waals surface area contributed by atoms with Gasteiger partial charge in [0.15, 0.2) is 0 Å². The van der Waals surface area contributed by atoms with Crippen LogP contribution in [0.25, 0.3) is 0 Å². The Morgan fingerprint density at radius 3 is 2.83 bits per heavy atom. The van der Waals surface area contributed by atoms with Crippen molar-refractivity contribution in [2.24, 2.45) is 0 Å². The Morgan fingerprint density at radius 2 is 2.22 bits per heavy atom. The third kappa shape index (κ3) is 2.84. The molecule has 2 aromatic rings. The normalized spacial score (nSPS) is 12.1. The lowest BCUT2D eigenvalue weighted by Gasteiger charge is -2.12. The molecule has 0 spiro atoms. The van der Waals surface area contributed by atoms with Gasteiger partial charge in [0.2, 0.25) is 0 Å². The maximum absolute atomic E-state index is 10.7. The fourth-order valence-electron chi connectivity index (χ4n) is 1.59. The minimum absolute atomic E-state index is 0.0436. The molecule has 0 saturated heterocycles. The van der Waals surface area contributed by atoms with Crippen LogP contribution in [0.15, 0.2) is 30.5 Å². The Hall–Kier alpha value is -1.95. The number of rotatable bonds is 4. The average molecular weight is 263 g/mol. The van der Waals surface area contributed by atoms with Crippen LogP contribution < -0.4 is 5.32 Å². The molecule has 0 radical (unpaired) electrons. The predicted octanol–water partition coefficient (Wildman–Crippen LogP) is 3.53. The van der Waals surface area contributed by atoms with Crippen LogP contribution in [-0.4, -0.2) is 9.91 Å². The summed E-state index contributed by atoms with van der Waals surface area (Å²) in [5.74, 6) is 0.516. The number of pyridine rings is 1. The lowest BCUT2D eigenvalue weighted by atomic mass is 10.2. The minimum Gasteiger partial charge on any atom is -0.363 e. The Bertz CT molecular complexity index is 568. The van der Waals surface area contributed by atoms with Crippen molar-refractivity contribution >= 4 is 22.8 Å². The first-order chi connectivity index (χ1) is 8.56. The number of hydrogen-bond acceptors (Lipinski definition) is 5. The zero-order chi connectivity index (χ0) is 13.1. The molecule has 0 fully saturated rings. The molecule has 0 aliphatic heterocycles. The summed E-state index contributed by atoms with van der Waals surface area (Å²) < 4.78 is 0. The van der Waals surface area contributed by atoms with Crippen LogP contribution in [0.2, 0.25) is 0 Å². The van der Waals surface area contributed by atoms with Crippen molar-refractivity contribution in [3.63, 3.8) is 0 Å². The Labute approximate surface area is 109 Å². The summed E-state index contributed by atoms with van der Waals surface area (Å²) in [7, 11) is 0. The zero-order valence-electron chi connectivity index (χ0n) is 10.1. The van der Waals surface area contributed by atoms with E-state index in [1.807, 2.05) is 13.8 Å². The van der Waals surface area contributed by atoms with E-state index in [-0.39, 0.29) is 11.7 Å². The van der Waals surface area contributed by atoms with Crippen molar-refractivity contribution in [2.75, 3.05) is 5.32 Å². The number of thiophene rings is 1. The van der Waals surface area contributed by atoms with Gasteiger partial charge in [-0.25, -0.2) is 4.98 Å². The highest BCUT2D eigenvalue weighted by Crippen LogP contribution is 2.26. The van der Waals surface area contributed by atoms with Gasteiger partial charge >= 0.3 is 0 Å². The first-order valence-electron chi connectivity index (χ1n) is 5.49. The monoisotopic (exact) mass is 263 g/mol. The first-order valence-corrected chi connectivity index (χ1v) is 6.31. The van der Waals surface area contributed by atoms with Gasteiger partial charge < -0.3 is 5.32 Å². The van der Waals surface area contributed by atoms with E-state index in [0.717, 1.165) is 0 Å². The van der Waals surface area contributed by atoms with E-state index in [1.165, 1.54) is 28.1 Å². The molecule has 1 N–H and O–H groups in total. The van der Waals surface area contributed by atoms with E-state index in [4.69, 9.17) is 0 Å². The highest BCUT2D eigenvalue weighted by atomic mass is 32.1. The molecule has 0 saturated carbocycles. The van der Waals surface area contributed by atoms with Gasteiger partial charge in [-0.05, 0) is 26.0 Å². The van der Waals surface area contributed by atoms with E-state index in [9.17, 15) is 10.1 Å².